The van der Waals surface area contributed by atoms with Gasteiger partial charge in [0.15, 0.2) is 9.84 Å². The molecule has 0 spiro atoms. The van der Waals surface area contributed by atoms with Crippen molar-refractivity contribution >= 4 is 21.6 Å². The SMILES string of the molecule is CCOC(=O)c1cccnc1NCC1CCS(=O)(=O)C1. The summed E-state index contributed by atoms with van der Waals surface area (Å²) in [6.07, 6.45) is 2.23. The van der Waals surface area contributed by atoms with E-state index in [-0.39, 0.29) is 17.4 Å². The minimum atomic E-state index is -2.89. The summed E-state index contributed by atoms with van der Waals surface area (Å²) in [5.41, 5.74) is 0.371. The van der Waals surface area contributed by atoms with Crippen molar-refractivity contribution in [3.8, 4) is 0 Å². The predicted octanol–water partition coefficient (Wildman–Crippen LogP) is 1.10. The lowest BCUT2D eigenvalue weighted by Gasteiger charge is -2.12. The molecule has 1 N–H and O–H groups in total. The van der Waals surface area contributed by atoms with Gasteiger partial charge >= 0.3 is 5.97 Å². The zero-order valence-electron chi connectivity index (χ0n) is 11.3. The van der Waals surface area contributed by atoms with Crippen molar-refractivity contribution in [2.24, 2.45) is 5.92 Å². The average Bonchev–Trinajstić information content (AvgIpc) is 2.76. The standard InChI is InChI=1S/C13H18N2O4S/c1-2-19-13(16)11-4-3-6-14-12(11)15-8-10-5-7-20(17,18)9-10/h3-4,6,10H,2,5,7-9H2,1H3,(H,14,15). The Morgan fingerprint density at radius 3 is 3.00 bits per heavy atom. The van der Waals surface area contributed by atoms with E-state index in [4.69, 9.17) is 4.74 Å². The van der Waals surface area contributed by atoms with Crippen LogP contribution in [0.15, 0.2) is 18.3 Å². The average molecular weight is 298 g/mol. The van der Waals surface area contributed by atoms with Crippen LogP contribution < -0.4 is 5.32 Å². The molecule has 0 aromatic carbocycles. The molecule has 7 heteroatoms. The summed E-state index contributed by atoms with van der Waals surface area (Å²) < 4.78 is 27.7. The van der Waals surface area contributed by atoms with Crippen molar-refractivity contribution in [3.05, 3.63) is 23.9 Å². The highest BCUT2D eigenvalue weighted by Crippen LogP contribution is 2.20. The molecule has 0 bridgehead atoms. The van der Waals surface area contributed by atoms with Gasteiger partial charge in [0.05, 0.1) is 18.1 Å². The van der Waals surface area contributed by atoms with Crippen molar-refractivity contribution in [3.63, 3.8) is 0 Å². The first-order valence-electron chi connectivity index (χ1n) is 6.58. The van der Waals surface area contributed by atoms with Crippen LogP contribution in [0, 0.1) is 5.92 Å². The molecule has 1 atom stereocenters. The Morgan fingerprint density at radius 2 is 2.35 bits per heavy atom. The number of rotatable bonds is 5. The molecule has 1 aromatic rings. The van der Waals surface area contributed by atoms with E-state index in [1.165, 1.54) is 0 Å². The van der Waals surface area contributed by atoms with Crippen molar-refractivity contribution in [2.45, 2.75) is 13.3 Å². The first-order valence-corrected chi connectivity index (χ1v) is 8.40. The first kappa shape index (κ1) is 14.8. The lowest BCUT2D eigenvalue weighted by Crippen LogP contribution is -2.18. The van der Waals surface area contributed by atoms with E-state index in [9.17, 15) is 13.2 Å². The number of hydrogen-bond donors (Lipinski definition) is 1. The monoisotopic (exact) mass is 298 g/mol. The highest BCUT2D eigenvalue weighted by molar-refractivity contribution is 7.91. The number of ether oxygens (including phenoxy) is 1. The van der Waals surface area contributed by atoms with Crippen LogP contribution in [0.1, 0.15) is 23.7 Å². The minimum absolute atomic E-state index is 0.0667. The Hall–Kier alpha value is -1.63. The molecular formula is C13H18N2O4S. The van der Waals surface area contributed by atoms with Crippen LogP contribution >= 0.6 is 0 Å². The molecule has 1 fully saturated rings. The number of nitrogens with one attached hydrogen (secondary N) is 1. The Bertz CT molecular complexity index is 586. The number of hydrogen-bond acceptors (Lipinski definition) is 6. The smallest absolute Gasteiger partial charge is 0.341 e. The highest BCUT2D eigenvalue weighted by Gasteiger charge is 2.28. The number of esters is 1. The van der Waals surface area contributed by atoms with Crippen LogP contribution in [0.4, 0.5) is 5.82 Å². The van der Waals surface area contributed by atoms with Gasteiger partial charge < -0.3 is 10.1 Å². The van der Waals surface area contributed by atoms with Gasteiger partial charge in [0.1, 0.15) is 11.4 Å². The van der Waals surface area contributed by atoms with E-state index in [2.05, 4.69) is 10.3 Å². The Kier molecular flexibility index (Phi) is 4.59. The van der Waals surface area contributed by atoms with E-state index in [1.807, 2.05) is 0 Å². The van der Waals surface area contributed by atoms with Gasteiger partial charge in [0, 0.05) is 12.7 Å². The van der Waals surface area contributed by atoms with E-state index in [1.54, 1.807) is 25.3 Å². The Morgan fingerprint density at radius 1 is 1.55 bits per heavy atom. The molecule has 110 valence electrons. The molecule has 20 heavy (non-hydrogen) atoms. The maximum atomic E-state index is 11.8. The summed E-state index contributed by atoms with van der Waals surface area (Å²) in [6.45, 7) is 2.53. The van der Waals surface area contributed by atoms with Crippen LogP contribution in [0.3, 0.4) is 0 Å². The quantitative estimate of drug-likeness (QED) is 0.819. The summed E-state index contributed by atoms with van der Waals surface area (Å²) in [4.78, 5) is 15.9. The third-order valence-corrected chi connectivity index (χ3v) is 5.02. The number of pyridine rings is 1. The minimum Gasteiger partial charge on any atom is -0.462 e. The van der Waals surface area contributed by atoms with Gasteiger partial charge in [0.25, 0.3) is 0 Å². The number of anilines is 1. The molecular weight excluding hydrogens is 280 g/mol. The van der Waals surface area contributed by atoms with Gasteiger partial charge in [-0.25, -0.2) is 18.2 Å². The van der Waals surface area contributed by atoms with Crippen LogP contribution in [0.5, 0.6) is 0 Å². The van der Waals surface area contributed by atoms with Crippen molar-refractivity contribution in [1.82, 2.24) is 4.98 Å². The van der Waals surface area contributed by atoms with Gasteiger partial charge in [0.2, 0.25) is 0 Å². The first-order chi connectivity index (χ1) is 9.52. The number of nitrogens with zero attached hydrogens (tertiary/aromatic N) is 1. The maximum absolute atomic E-state index is 11.8. The van der Waals surface area contributed by atoms with Gasteiger partial charge in [-0.15, -0.1) is 0 Å². The van der Waals surface area contributed by atoms with Crippen LogP contribution in [-0.2, 0) is 14.6 Å². The second kappa shape index (κ2) is 6.21. The zero-order valence-corrected chi connectivity index (χ0v) is 12.1. The largest absolute Gasteiger partial charge is 0.462 e. The fourth-order valence-electron chi connectivity index (χ4n) is 2.19. The Labute approximate surface area is 118 Å². The second-order valence-corrected chi connectivity index (χ2v) is 7.00. The summed E-state index contributed by atoms with van der Waals surface area (Å²) in [5, 5.41) is 3.06. The zero-order chi connectivity index (χ0) is 14.6. The number of carbonyl (C=O) groups excluding carboxylic acids is 1. The van der Waals surface area contributed by atoms with Crippen molar-refractivity contribution in [1.29, 1.82) is 0 Å². The van der Waals surface area contributed by atoms with Gasteiger partial charge in [-0.3, -0.25) is 0 Å². The van der Waals surface area contributed by atoms with Crippen LogP contribution in [0.25, 0.3) is 0 Å². The van der Waals surface area contributed by atoms with Crippen molar-refractivity contribution < 1.29 is 17.9 Å². The maximum Gasteiger partial charge on any atom is 0.341 e. The predicted molar refractivity (Wildman–Crippen MR) is 75.4 cm³/mol. The summed E-state index contributed by atoms with van der Waals surface area (Å²) in [6, 6.07) is 3.30. The third kappa shape index (κ3) is 3.69. The fraction of sp³-hybridized carbons (Fsp3) is 0.538. The molecule has 0 amide bonds. The van der Waals surface area contributed by atoms with Crippen LogP contribution in [-0.4, -0.2) is 44.0 Å². The van der Waals surface area contributed by atoms with Gasteiger partial charge in [-0.1, -0.05) is 0 Å². The van der Waals surface area contributed by atoms with E-state index >= 15 is 0 Å². The number of sulfone groups is 1. The molecule has 2 rings (SSSR count). The molecule has 1 aliphatic rings. The molecule has 1 aromatic heterocycles. The molecule has 0 saturated carbocycles. The molecule has 1 unspecified atom stereocenters. The molecule has 0 radical (unpaired) electrons. The van der Waals surface area contributed by atoms with E-state index in [0.717, 1.165) is 0 Å². The molecule has 2 heterocycles. The third-order valence-electron chi connectivity index (χ3n) is 3.19. The molecule has 1 saturated heterocycles. The normalized spacial score (nSPS) is 20.6. The molecule has 0 aliphatic carbocycles. The lowest BCUT2D eigenvalue weighted by molar-refractivity contribution is 0.0527. The Balaban J connectivity index is 2.01. The summed E-state index contributed by atoms with van der Waals surface area (Å²) in [5.74, 6) is 0.517. The highest BCUT2D eigenvalue weighted by atomic mass is 32.2. The van der Waals surface area contributed by atoms with Crippen LogP contribution in [0.2, 0.25) is 0 Å². The fourth-order valence-corrected chi connectivity index (χ4v) is 4.06. The number of aromatic nitrogens is 1. The van der Waals surface area contributed by atoms with Crippen molar-refractivity contribution in [2.75, 3.05) is 30.0 Å². The van der Waals surface area contributed by atoms with Gasteiger partial charge in [-0.05, 0) is 31.4 Å². The van der Waals surface area contributed by atoms with Gasteiger partial charge in [-0.2, -0.15) is 0 Å². The summed E-state index contributed by atoms with van der Waals surface area (Å²) >= 11 is 0. The topological polar surface area (TPSA) is 85.4 Å². The lowest BCUT2D eigenvalue weighted by atomic mass is 10.1. The second-order valence-electron chi connectivity index (χ2n) is 4.77. The summed E-state index contributed by atoms with van der Waals surface area (Å²) in [7, 11) is -2.89. The van der Waals surface area contributed by atoms with E-state index < -0.39 is 15.8 Å². The number of carbonyl (C=O) groups is 1. The molecule has 1 aliphatic heterocycles. The van der Waals surface area contributed by atoms with E-state index in [0.29, 0.717) is 31.0 Å². The molecule has 6 nitrogen and oxygen atoms in total.